The second kappa shape index (κ2) is 8.99. The van der Waals surface area contributed by atoms with Gasteiger partial charge in [-0.2, -0.15) is 15.5 Å². The molecule has 0 saturated carbocycles. The first-order valence-electron chi connectivity index (χ1n) is 11.3. The molecule has 2 aliphatic rings. The summed E-state index contributed by atoms with van der Waals surface area (Å²) in [5.41, 5.74) is 4.16. The maximum Gasteiger partial charge on any atom is 0.252 e. The summed E-state index contributed by atoms with van der Waals surface area (Å²) in [5, 5.41) is 21.2. The lowest BCUT2D eigenvalue weighted by Gasteiger charge is -2.29. The maximum atomic E-state index is 13.6. The van der Waals surface area contributed by atoms with Crippen molar-refractivity contribution in [3.63, 3.8) is 0 Å². The highest BCUT2D eigenvalue weighted by Gasteiger charge is 2.50. The highest BCUT2D eigenvalue weighted by Crippen LogP contribution is 2.42. The summed E-state index contributed by atoms with van der Waals surface area (Å²) in [5.74, 6) is -2.36. The number of amides is 2. The normalized spacial score (nSPS) is 20.5. The quantitative estimate of drug-likeness (QED) is 0.581. The highest BCUT2D eigenvalue weighted by molar-refractivity contribution is 6.21. The van der Waals surface area contributed by atoms with E-state index in [0.29, 0.717) is 17.0 Å². The molecule has 0 fully saturated rings. The van der Waals surface area contributed by atoms with Gasteiger partial charge in [0, 0.05) is 20.0 Å². The fraction of sp³-hybridized carbons (Fsp3) is 0.179. The molecule has 0 bridgehead atoms. The van der Waals surface area contributed by atoms with Gasteiger partial charge in [-0.3, -0.25) is 9.59 Å². The van der Waals surface area contributed by atoms with Gasteiger partial charge in [0.05, 0.1) is 34.9 Å². The molecule has 0 N–H and O–H groups in total. The second-order valence-corrected chi connectivity index (χ2v) is 8.64. The standard InChI is InChI=1S/C28H23N5O2/c1-32-27(34)23(25(30-32)20-9-5-3-6-10-20)22(19-15-13-18(17-29)14-16-19)24-26(31-33(2)28(24)35)21-11-7-4-8-12-21/h3-16,22-24H,1-2H3. The molecular formula is C28H23N5O2. The predicted octanol–water partition coefficient (Wildman–Crippen LogP) is 3.63. The summed E-state index contributed by atoms with van der Waals surface area (Å²) in [6, 6.07) is 28.3. The largest absolute Gasteiger partial charge is 0.272 e. The van der Waals surface area contributed by atoms with Gasteiger partial charge in [-0.1, -0.05) is 72.8 Å². The molecule has 0 spiro atoms. The number of nitrogens with zero attached hydrogens (tertiary/aromatic N) is 5. The van der Waals surface area contributed by atoms with Crippen LogP contribution < -0.4 is 0 Å². The topological polar surface area (TPSA) is 89.1 Å². The van der Waals surface area contributed by atoms with Gasteiger partial charge in [-0.05, 0) is 28.8 Å². The minimum Gasteiger partial charge on any atom is -0.272 e. The van der Waals surface area contributed by atoms with Crippen molar-refractivity contribution in [2.45, 2.75) is 5.92 Å². The zero-order valence-corrected chi connectivity index (χ0v) is 19.4. The molecule has 35 heavy (non-hydrogen) atoms. The van der Waals surface area contributed by atoms with Crippen LogP contribution in [0.3, 0.4) is 0 Å². The van der Waals surface area contributed by atoms with Crippen molar-refractivity contribution in [2.24, 2.45) is 22.0 Å². The van der Waals surface area contributed by atoms with Crippen LogP contribution in [-0.4, -0.2) is 47.4 Å². The van der Waals surface area contributed by atoms with E-state index in [-0.39, 0.29) is 11.8 Å². The molecule has 0 radical (unpaired) electrons. The van der Waals surface area contributed by atoms with Crippen LogP contribution >= 0.6 is 0 Å². The Bertz CT molecular complexity index is 1290. The van der Waals surface area contributed by atoms with Gasteiger partial charge >= 0.3 is 0 Å². The Morgan fingerprint density at radius 3 is 1.54 bits per heavy atom. The van der Waals surface area contributed by atoms with Crippen LogP contribution in [0.5, 0.6) is 0 Å². The van der Waals surface area contributed by atoms with Crippen LogP contribution in [0.15, 0.2) is 95.1 Å². The van der Waals surface area contributed by atoms with Crippen molar-refractivity contribution >= 4 is 23.2 Å². The molecule has 0 aromatic heterocycles. The summed E-state index contributed by atoms with van der Waals surface area (Å²) in [6.07, 6.45) is 0. The zero-order chi connectivity index (χ0) is 24.5. The van der Waals surface area contributed by atoms with Crippen LogP contribution in [0.4, 0.5) is 0 Å². The van der Waals surface area contributed by atoms with E-state index in [9.17, 15) is 14.9 Å². The highest BCUT2D eigenvalue weighted by atomic mass is 16.2. The molecule has 7 heteroatoms. The molecule has 3 aromatic rings. The lowest BCUT2D eigenvalue weighted by Crippen LogP contribution is -2.40. The molecule has 7 nitrogen and oxygen atoms in total. The predicted molar refractivity (Wildman–Crippen MR) is 132 cm³/mol. The number of benzene rings is 3. The van der Waals surface area contributed by atoms with E-state index >= 15 is 0 Å². The summed E-state index contributed by atoms with van der Waals surface area (Å²) < 4.78 is 0. The Balaban J connectivity index is 1.70. The Labute approximate surface area is 203 Å². The number of hydrogen-bond donors (Lipinski definition) is 0. The third-order valence-corrected chi connectivity index (χ3v) is 6.56. The van der Waals surface area contributed by atoms with Crippen molar-refractivity contribution in [2.75, 3.05) is 14.1 Å². The van der Waals surface area contributed by atoms with Gasteiger partial charge in [0.15, 0.2) is 0 Å². The number of hydrazone groups is 2. The van der Waals surface area contributed by atoms with Gasteiger partial charge in [-0.15, -0.1) is 0 Å². The number of rotatable bonds is 5. The van der Waals surface area contributed by atoms with Gasteiger partial charge in [-0.25, -0.2) is 10.0 Å². The van der Waals surface area contributed by atoms with E-state index < -0.39 is 17.8 Å². The maximum absolute atomic E-state index is 13.6. The lowest BCUT2D eigenvalue weighted by atomic mass is 9.70. The Morgan fingerprint density at radius 1 is 0.714 bits per heavy atom. The lowest BCUT2D eigenvalue weighted by molar-refractivity contribution is -0.133. The van der Waals surface area contributed by atoms with Gasteiger partial charge < -0.3 is 0 Å². The molecule has 2 heterocycles. The van der Waals surface area contributed by atoms with Crippen LogP contribution in [0, 0.1) is 23.2 Å². The first-order chi connectivity index (χ1) is 17.0. The molecule has 5 rings (SSSR count). The Kier molecular flexibility index (Phi) is 5.71. The fourth-order valence-corrected chi connectivity index (χ4v) is 4.88. The first kappa shape index (κ1) is 22.2. The summed E-state index contributed by atoms with van der Waals surface area (Å²) in [6.45, 7) is 0. The van der Waals surface area contributed by atoms with Gasteiger partial charge in [0.25, 0.3) is 11.8 Å². The molecular weight excluding hydrogens is 438 g/mol. The average molecular weight is 462 g/mol. The average Bonchev–Trinajstić information content (AvgIpc) is 3.36. The Morgan fingerprint density at radius 2 is 1.14 bits per heavy atom. The molecule has 0 saturated heterocycles. The summed E-state index contributed by atoms with van der Waals surface area (Å²) in [4.78, 5) is 27.2. The van der Waals surface area contributed by atoms with E-state index in [4.69, 9.17) is 0 Å². The fourth-order valence-electron chi connectivity index (χ4n) is 4.88. The zero-order valence-electron chi connectivity index (χ0n) is 19.4. The number of carbonyl (C=O) groups excluding carboxylic acids is 2. The van der Waals surface area contributed by atoms with Crippen molar-refractivity contribution in [1.82, 2.24) is 10.0 Å². The number of nitriles is 1. The van der Waals surface area contributed by atoms with Crippen molar-refractivity contribution in [3.8, 4) is 6.07 Å². The SMILES string of the molecule is CN1N=C(c2ccccc2)C(C(c2ccc(C#N)cc2)C2C(=O)N(C)N=C2c2ccccc2)C1=O. The molecule has 2 unspecified atom stereocenters. The van der Waals surface area contributed by atoms with E-state index in [1.165, 1.54) is 10.0 Å². The monoisotopic (exact) mass is 461 g/mol. The van der Waals surface area contributed by atoms with Gasteiger partial charge in [0.2, 0.25) is 0 Å². The van der Waals surface area contributed by atoms with E-state index in [1.54, 1.807) is 26.2 Å². The minimum atomic E-state index is -0.704. The van der Waals surface area contributed by atoms with Crippen LogP contribution in [0.1, 0.15) is 28.2 Å². The molecule has 2 atom stereocenters. The third kappa shape index (κ3) is 3.89. The number of hydrogen-bond acceptors (Lipinski definition) is 5. The summed E-state index contributed by atoms with van der Waals surface area (Å²) >= 11 is 0. The van der Waals surface area contributed by atoms with Crippen LogP contribution in [-0.2, 0) is 9.59 Å². The van der Waals surface area contributed by atoms with E-state index in [1.807, 2.05) is 72.8 Å². The van der Waals surface area contributed by atoms with E-state index in [0.717, 1.165) is 16.7 Å². The third-order valence-electron chi connectivity index (χ3n) is 6.56. The van der Waals surface area contributed by atoms with Crippen molar-refractivity contribution < 1.29 is 9.59 Å². The molecule has 2 amide bonds. The molecule has 2 aliphatic heterocycles. The molecule has 172 valence electrons. The minimum absolute atomic E-state index is 0.187. The van der Waals surface area contributed by atoms with E-state index in [2.05, 4.69) is 16.3 Å². The summed E-state index contributed by atoms with van der Waals surface area (Å²) in [7, 11) is 3.27. The van der Waals surface area contributed by atoms with Crippen molar-refractivity contribution in [1.29, 1.82) is 5.26 Å². The van der Waals surface area contributed by atoms with Crippen LogP contribution in [0.25, 0.3) is 0 Å². The molecule has 3 aromatic carbocycles. The second-order valence-electron chi connectivity index (χ2n) is 8.64. The van der Waals surface area contributed by atoms with Crippen LogP contribution in [0.2, 0.25) is 0 Å². The first-order valence-corrected chi connectivity index (χ1v) is 11.3. The van der Waals surface area contributed by atoms with Crippen molar-refractivity contribution in [3.05, 3.63) is 107 Å². The number of carbonyl (C=O) groups is 2. The smallest absolute Gasteiger partial charge is 0.252 e. The molecule has 0 aliphatic carbocycles. The Hall–Kier alpha value is -4.57. The van der Waals surface area contributed by atoms with Gasteiger partial charge in [0.1, 0.15) is 0 Å².